The normalized spacial score (nSPS) is 28.5. The summed E-state index contributed by atoms with van der Waals surface area (Å²) in [4.78, 5) is 0.667. The molecule has 0 amide bonds. The fourth-order valence-corrected chi connectivity index (χ4v) is 2.57. The molecule has 1 nitrogen and oxygen atoms in total. The van der Waals surface area contributed by atoms with Crippen LogP contribution in [0.5, 0.6) is 0 Å². The van der Waals surface area contributed by atoms with Gasteiger partial charge in [-0.15, -0.1) is 0 Å². The maximum absolute atomic E-state index is 13.0. The van der Waals surface area contributed by atoms with Crippen LogP contribution in [0.2, 0.25) is 0 Å². The van der Waals surface area contributed by atoms with Gasteiger partial charge in [-0.25, -0.2) is 4.39 Å². The third-order valence-corrected chi connectivity index (χ3v) is 3.26. The van der Waals surface area contributed by atoms with E-state index in [4.69, 9.17) is 0 Å². The Morgan fingerprint density at radius 1 is 1.45 bits per heavy atom. The zero-order valence-electron chi connectivity index (χ0n) is 5.79. The van der Waals surface area contributed by atoms with Crippen molar-refractivity contribution in [3.05, 3.63) is 29.8 Å². The van der Waals surface area contributed by atoms with Gasteiger partial charge in [0.15, 0.2) is 0 Å². The van der Waals surface area contributed by atoms with Crippen LogP contribution in [0.4, 0.5) is 4.39 Å². The second-order valence-electron chi connectivity index (χ2n) is 2.52. The molecule has 0 saturated carbocycles. The summed E-state index contributed by atoms with van der Waals surface area (Å²) in [6.07, 6.45) is -1.02. The molecule has 1 aromatic carbocycles. The first kappa shape index (κ1) is 6.98. The van der Waals surface area contributed by atoms with Crippen LogP contribution >= 0.6 is 0 Å². The summed E-state index contributed by atoms with van der Waals surface area (Å²) in [5, 5.41) is 0. The number of benzene rings is 1. The van der Waals surface area contributed by atoms with Gasteiger partial charge in [-0.05, 0) is 6.07 Å². The van der Waals surface area contributed by atoms with Crippen LogP contribution in [-0.4, -0.2) is 9.96 Å². The molecule has 1 heterocycles. The molecule has 0 aliphatic carbocycles. The predicted octanol–water partition coefficient (Wildman–Crippen LogP) is 1.82. The van der Waals surface area contributed by atoms with Crippen molar-refractivity contribution >= 4 is 10.8 Å². The molecule has 1 aliphatic heterocycles. The number of halogens is 1. The molecule has 58 valence electrons. The van der Waals surface area contributed by atoms with Gasteiger partial charge in [0.05, 0.1) is 16.6 Å². The van der Waals surface area contributed by atoms with E-state index in [0.717, 1.165) is 0 Å². The highest BCUT2D eigenvalue weighted by Gasteiger charge is 2.27. The van der Waals surface area contributed by atoms with E-state index in [0.29, 0.717) is 10.5 Å². The Bertz CT molecular complexity index is 311. The quantitative estimate of drug-likeness (QED) is 0.580. The van der Waals surface area contributed by atoms with E-state index < -0.39 is 17.0 Å². The van der Waals surface area contributed by atoms with Crippen LogP contribution in [0.15, 0.2) is 29.2 Å². The molecule has 3 heteroatoms. The van der Waals surface area contributed by atoms with Crippen molar-refractivity contribution in [3.63, 3.8) is 0 Å². The van der Waals surface area contributed by atoms with Crippen molar-refractivity contribution in [3.8, 4) is 0 Å². The van der Waals surface area contributed by atoms with Crippen LogP contribution in [0.25, 0.3) is 0 Å². The van der Waals surface area contributed by atoms with Crippen LogP contribution in [0.1, 0.15) is 11.7 Å². The molecule has 11 heavy (non-hydrogen) atoms. The van der Waals surface area contributed by atoms with Gasteiger partial charge < -0.3 is 0 Å². The summed E-state index contributed by atoms with van der Waals surface area (Å²) in [5.41, 5.74) is 0.603. The standard InChI is InChI=1S/C8H7FOS/c9-7-5-11(10)8-4-2-1-3-6(7)8/h1-4,7H,5H2. The van der Waals surface area contributed by atoms with E-state index in [-0.39, 0.29) is 5.75 Å². The zero-order valence-corrected chi connectivity index (χ0v) is 6.60. The van der Waals surface area contributed by atoms with E-state index in [1.807, 2.05) is 0 Å². The molecule has 2 rings (SSSR count). The highest BCUT2D eigenvalue weighted by Crippen LogP contribution is 2.32. The molecule has 0 aromatic heterocycles. The summed E-state index contributed by atoms with van der Waals surface area (Å²) in [6.45, 7) is 0. The zero-order chi connectivity index (χ0) is 7.84. The topological polar surface area (TPSA) is 17.1 Å². The van der Waals surface area contributed by atoms with E-state index in [1.54, 1.807) is 24.3 Å². The minimum absolute atomic E-state index is 0.138. The molecule has 0 spiro atoms. The maximum atomic E-state index is 13.0. The molecule has 2 unspecified atom stereocenters. The van der Waals surface area contributed by atoms with Gasteiger partial charge in [0.25, 0.3) is 0 Å². The predicted molar refractivity (Wildman–Crippen MR) is 41.6 cm³/mol. The molecule has 0 saturated heterocycles. The molecule has 1 aliphatic rings. The summed E-state index contributed by atoms with van der Waals surface area (Å²) >= 11 is 0. The monoisotopic (exact) mass is 170 g/mol. The van der Waals surface area contributed by atoms with Crippen LogP contribution < -0.4 is 0 Å². The first-order valence-corrected chi connectivity index (χ1v) is 4.72. The summed E-state index contributed by atoms with van der Waals surface area (Å²) in [5.74, 6) is 0.138. The average Bonchev–Trinajstić information content (AvgIpc) is 2.30. The van der Waals surface area contributed by atoms with Crippen molar-refractivity contribution in [2.24, 2.45) is 0 Å². The van der Waals surface area contributed by atoms with E-state index in [1.165, 1.54) is 0 Å². The molecule has 2 atom stereocenters. The van der Waals surface area contributed by atoms with Crippen molar-refractivity contribution in [2.45, 2.75) is 11.1 Å². The van der Waals surface area contributed by atoms with Gasteiger partial charge in [0.1, 0.15) is 6.17 Å². The summed E-state index contributed by atoms with van der Waals surface area (Å²) < 4.78 is 24.1. The van der Waals surface area contributed by atoms with Crippen molar-refractivity contribution in [2.75, 3.05) is 5.75 Å². The van der Waals surface area contributed by atoms with Gasteiger partial charge in [-0.2, -0.15) is 0 Å². The second kappa shape index (κ2) is 2.41. The molecule has 0 radical (unpaired) electrons. The molecule has 1 aromatic rings. The first-order chi connectivity index (χ1) is 5.29. The SMILES string of the molecule is O=S1CC(F)c2ccccc21. The summed E-state index contributed by atoms with van der Waals surface area (Å²) in [6, 6.07) is 6.98. The third-order valence-electron chi connectivity index (χ3n) is 1.80. The average molecular weight is 170 g/mol. The van der Waals surface area contributed by atoms with E-state index >= 15 is 0 Å². The lowest BCUT2D eigenvalue weighted by molar-refractivity contribution is 0.381. The van der Waals surface area contributed by atoms with Crippen molar-refractivity contribution in [1.82, 2.24) is 0 Å². The van der Waals surface area contributed by atoms with Crippen LogP contribution in [0, 0.1) is 0 Å². The van der Waals surface area contributed by atoms with Gasteiger partial charge >= 0.3 is 0 Å². The Morgan fingerprint density at radius 2 is 2.18 bits per heavy atom. The van der Waals surface area contributed by atoms with Crippen LogP contribution in [-0.2, 0) is 10.8 Å². The number of fused-ring (bicyclic) bond motifs is 1. The van der Waals surface area contributed by atoms with Crippen LogP contribution in [0.3, 0.4) is 0 Å². The van der Waals surface area contributed by atoms with Crippen molar-refractivity contribution in [1.29, 1.82) is 0 Å². The number of rotatable bonds is 0. The summed E-state index contributed by atoms with van der Waals surface area (Å²) in [7, 11) is -1.10. The minimum atomic E-state index is -1.10. The molecular weight excluding hydrogens is 163 g/mol. The minimum Gasteiger partial charge on any atom is -0.254 e. The smallest absolute Gasteiger partial charge is 0.138 e. The van der Waals surface area contributed by atoms with E-state index in [9.17, 15) is 8.60 Å². The lowest BCUT2D eigenvalue weighted by atomic mass is 10.1. The molecule has 0 bridgehead atoms. The lowest BCUT2D eigenvalue weighted by Crippen LogP contribution is -1.90. The maximum Gasteiger partial charge on any atom is 0.138 e. The van der Waals surface area contributed by atoms with E-state index in [2.05, 4.69) is 0 Å². The highest BCUT2D eigenvalue weighted by atomic mass is 32.2. The largest absolute Gasteiger partial charge is 0.254 e. The Balaban J connectivity index is 2.60. The third kappa shape index (κ3) is 0.997. The van der Waals surface area contributed by atoms with Gasteiger partial charge in [0.2, 0.25) is 0 Å². The Kier molecular flexibility index (Phi) is 1.53. The fraction of sp³-hybridized carbons (Fsp3) is 0.250. The Labute approximate surface area is 66.7 Å². The molecule has 0 N–H and O–H groups in total. The number of hydrogen-bond acceptors (Lipinski definition) is 1. The Morgan fingerprint density at radius 3 is 2.91 bits per heavy atom. The number of hydrogen-bond donors (Lipinski definition) is 0. The van der Waals surface area contributed by atoms with Gasteiger partial charge in [0, 0.05) is 10.5 Å². The first-order valence-electron chi connectivity index (χ1n) is 3.40. The number of alkyl halides is 1. The second-order valence-corrected chi connectivity index (χ2v) is 3.98. The highest BCUT2D eigenvalue weighted by molar-refractivity contribution is 7.85. The van der Waals surface area contributed by atoms with Crippen molar-refractivity contribution < 1.29 is 8.60 Å². The fourth-order valence-electron chi connectivity index (χ4n) is 1.26. The molecule has 0 fully saturated rings. The Hall–Kier alpha value is -0.700. The lowest BCUT2D eigenvalue weighted by Gasteiger charge is -1.96. The molecular formula is C8H7FOS. The van der Waals surface area contributed by atoms with Gasteiger partial charge in [-0.3, -0.25) is 4.21 Å². The van der Waals surface area contributed by atoms with Gasteiger partial charge in [-0.1, -0.05) is 18.2 Å².